The molecule has 0 aliphatic heterocycles. The highest BCUT2D eigenvalue weighted by Gasteiger charge is 2.11. The van der Waals surface area contributed by atoms with Crippen molar-refractivity contribution >= 4 is 16.6 Å². The van der Waals surface area contributed by atoms with E-state index in [1.54, 1.807) is 0 Å². The van der Waals surface area contributed by atoms with Gasteiger partial charge in [-0.15, -0.1) is 0 Å². The second kappa shape index (κ2) is 5.05. The fourth-order valence-corrected chi connectivity index (χ4v) is 2.22. The molecule has 0 atom stereocenters. The molecule has 4 heteroatoms. The molecular formula is C15H21N3O. The Morgan fingerprint density at radius 2 is 1.84 bits per heavy atom. The molecule has 1 heterocycles. The molecular weight excluding hydrogens is 238 g/mol. The first kappa shape index (κ1) is 13.6. The molecule has 2 rings (SSSR count). The second-order valence-electron chi connectivity index (χ2n) is 5.42. The molecule has 0 saturated carbocycles. The van der Waals surface area contributed by atoms with E-state index >= 15 is 0 Å². The van der Waals surface area contributed by atoms with Crippen molar-refractivity contribution in [1.29, 1.82) is 0 Å². The fourth-order valence-electron chi connectivity index (χ4n) is 2.22. The van der Waals surface area contributed by atoms with Crippen molar-refractivity contribution in [3.63, 3.8) is 0 Å². The summed E-state index contributed by atoms with van der Waals surface area (Å²) in [5.41, 5.74) is 3.86. The number of pyridine rings is 1. The summed E-state index contributed by atoms with van der Waals surface area (Å²) >= 11 is 0. The van der Waals surface area contributed by atoms with Crippen LogP contribution in [-0.2, 0) is 6.54 Å². The van der Waals surface area contributed by atoms with Crippen LogP contribution in [0.3, 0.4) is 0 Å². The predicted molar refractivity (Wildman–Crippen MR) is 81.0 cm³/mol. The zero-order valence-corrected chi connectivity index (χ0v) is 12.2. The SMILES string of the molecule is Cc1[nH]c2ccc(N(C)C)cc2c(=O)c1CN(C)C. The molecule has 1 aromatic heterocycles. The summed E-state index contributed by atoms with van der Waals surface area (Å²) in [6, 6.07) is 5.94. The molecule has 0 saturated heterocycles. The van der Waals surface area contributed by atoms with Crippen LogP contribution in [-0.4, -0.2) is 38.1 Å². The van der Waals surface area contributed by atoms with Crippen molar-refractivity contribution in [2.45, 2.75) is 13.5 Å². The summed E-state index contributed by atoms with van der Waals surface area (Å²) < 4.78 is 0. The molecule has 0 unspecified atom stereocenters. The third-order valence-corrected chi connectivity index (χ3v) is 3.29. The number of nitrogens with zero attached hydrogens (tertiary/aromatic N) is 2. The number of aromatic nitrogens is 1. The number of fused-ring (bicyclic) bond motifs is 1. The van der Waals surface area contributed by atoms with Gasteiger partial charge in [0.25, 0.3) is 0 Å². The topological polar surface area (TPSA) is 39.3 Å². The quantitative estimate of drug-likeness (QED) is 0.916. The van der Waals surface area contributed by atoms with E-state index < -0.39 is 0 Å². The van der Waals surface area contributed by atoms with Gasteiger partial charge in [-0.3, -0.25) is 4.79 Å². The van der Waals surface area contributed by atoms with Gasteiger partial charge < -0.3 is 14.8 Å². The fraction of sp³-hybridized carbons (Fsp3) is 0.400. The molecule has 1 N–H and O–H groups in total. The maximum Gasteiger partial charge on any atom is 0.194 e. The van der Waals surface area contributed by atoms with Crippen LogP contribution < -0.4 is 10.3 Å². The molecule has 0 radical (unpaired) electrons. The molecule has 19 heavy (non-hydrogen) atoms. The number of rotatable bonds is 3. The minimum atomic E-state index is 0.128. The van der Waals surface area contributed by atoms with Crippen LogP contribution in [0.1, 0.15) is 11.3 Å². The number of H-pyrrole nitrogens is 1. The summed E-state index contributed by atoms with van der Waals surface area (Å²) in [4.78, 5) is 19.9. The lowest BCUT2D eigenvalue weighted by Crippen LogP contribution is -2.21. The number of aryl methyl sites for hydroxylation is 1. The van der Waals surface area contributed by atoms with Crippen molar-refractivity contribution in [3.8, 4) is 0 Å². The zero-order chi connectivity index (χ0) is 14.2. The molecule has 102 valence electrons. The van der Waals surface area contributed by atoms with E-state index in [4.69, 9.17) is 0 Å². The minimum Gasteiger partial charge on any atom is -0.378 e. The summed E-state index contributed by atoms with van der Waals surface area (Å²) in [6.45, 7) is 2.61. The van der Waals surface area contributed by atoms with E-state index in [9.17, 15) is 4.79 Å². The average molecular weight is 259 g/mol. The molecule has 0 aliphatic carbocycles. The van der Waals surface area contributed by atoms with Crippen LogP contribution in [0.5, 0.6) is 0 Å². The summed E-state index contributed by atoms with van der Waals surface area (Å²) in [5, 5.41) is 0.758. The van der Waals surface area contributed by atoms with Gasteiger partial charge in [0.15, 0.2) is 5.43 Å². The summed E-state index contributed by atoms with van der Waals surface area (Å²) in [5.74, 6) is 0. The zero-order valence-electron chi connectivity index (χ0n) is 12.2. The lowest BCUT2D eigenvalue weighted by molar-refractivity contribution is 0.400. The molecule has 0 bridgehead atoms. The van der Waals surface area contributed by atoms with Gasteiger partial charge >= 0.3 is 0 Å². The third kappa shape index (κ3) is 2.63. The lowest BCUT2D eigenvalue weighted by Gasteiger charge is -2.15. The largest absolute Gasteiger partial charge is 0.378 e. The monoisotopic (exact) mass is 259 g/mol. The smallest absolute Gasteiger partial charge is 0.194 e. The average Bonchev–Trinajstić information content (AvgIpc) is 2.33. The maximum atomic E-state index is 12.6. The van der Waals surface area contributed by atoms with Gasteiger partial charge in [0, 0.05) is 48.5 Å². The number of nitrogens with one attached hydrogen (secondary N) is 1. The normalized spacial score (nSPS) is 11.3. The highest BCUT2D eigenvalue weighted by molar-refractivity contribution is 5.83. The molecule has 0 fully saturated rings. The van der Waals surface area contributed by atoms with Crippen LogP contribution in [0.2, 0.25) is 0 Å². The standard InChI is InChI=1S/C15H21N3O/c1-10-13(9-17(2)3)15(19)12-8-11(18(4)5)6-7-14(12)16-10/h6-8H,9H2,1-5H3,(H,16,19). The van der Waals surface area contributed by atoms with Gasteiger partial charge in [-0.05, 0) is 39.2 Å². The van der Waals surface area contributed by atoms with E-state index in [0.29, 0.717) is 6.54 Å². The predicted octanol–water partition coefficient (Wildman–Crippen LogP) is 1.96. The van der Waals surface area contributed by atoms with Crippen LogP contribution >= 0.6 is 0 Å². The Hall–Kier alpha value is -1.81. The molecule has 0 amide bonds. The minimum absolute atomic E-state index is 0.128. The first-order valence-electron chi connectivity index (χ1n) is 6.37. The second-order valence-corrected chi connectivity index (χ2v) is 5.42. The van der Waals surface area contributed by atoms with E-state index in [0.717, 1.165) is 27.8 Å². The van der Waals surface area contributed by atoms with Crippen LogP contribution in [0, 0.1) is 6.92 Å². The lowest BCUT2D eigenvalue weighted by atomic mass is 10.1. The van der Waals surface area contributed by atoms with Gasteiger partial charge in [-0.2, -0.15) is 0 Å². The van der Waals surface area contributed by atoms with Gasteiger partial charge in [-0.1, -0.05) is 0 Å². The Morgan fingerprint density at radius 3 is 2.42 bits per heavy atom. The third-order valence-electron chi connectivity index (χ3n) is 3.29. The van der Waals surface area contributed by atoms with Gasteiger partial charge in [0.1, 0.15) is 0 Å². The Kier molecular flexibility index (Phi) is 3.62. The van der Waals surface area contributed by atoms with Gasteiger partial charge in [0.05, 0.1) is 0 Å². The first-order valence-corrected chi connectivity index (χ1v) is 6.37. The summed E-state index contributed by atoms with van der Waals surface area (Å²) in [6.07, 6.45) is 0. The Balaban J connectivity index is 2.69. The first-order chi connectivity index (χ1) is 8.90. The molecule has 4 nitrogen and oxygen atoms in total. The Labute approximate surface area is 113 Å². The van der Waals surface area contributed by atoms with Crippen molar-refractivity contribution in [2.24, 2.45) is 0 Å². The number of hydrogen-bond donors (Lipinski definition) is 1. The number of anilines is 1. The highest BCUT2D eigenvalue weighted by atomic mass is 16.1. The Morgan fingerprint density at radius 1 is 1.16 bits per heavy atom. The van der Waals surface area contributed by atoms with E-state index in [-0.39, 0.29) is 5.43 Å². The van der Waals surface area contributed by atoms with Crippen molar-refractivity contribution in [2.75, 3.05) is 33.1 Å². The summed E-state index contributed by atoms with van der Waals surface area (Å²) in [7, 11) is 7.90. The molecule has 0 aliphatic rings. The van der Waals surface area contributed by atoms with E-state index in [1.807, 2.05) is 63.1 Å². The van der Waals surface area contributed by atoms with E-state index in [1.165, 1.54) is 0 Å². The van der Waals surface area contributed by atoms with Crippen molar-refractivity contribution in [3.05, 3.63) is 39.7 Å². The Bertz CT molecular complexity index is 656. The molecule has 0 spiro atoms. The van der Waals surface area contributed by atoms with Crippen molar-refractivity contribution in [1.82, 2.24) is 9.88 Å². The van der Waals surface area contributed by atoms with Gasteiger partial charge in [0.2, 0.25) is 0 Å². The van der Waals surface area contributed by atoms with Crippen LogP contribution in [0.15, 0.2) is 23.0 Å². The highest BCUT2D eigenvalue weighted by Crippen LogP contribution is 2.18. The van der Waals surface area contributed by atoms with Gasteiger partial charge in [-0.25, -0.2) is 0 Å². The number of aromatic amines is 1. The number of benzene rings is 1. The van der Waals surface area contributed by atoms with E-state index in [2.05, 4.69) is 4.98 Å². The van der Waals surface area contributed by atoms with Crippen LogP contribution in [0.25, 0.3) is 10.9 Å². The van der Waals surface area contributed by atoms with Crippen LogP contribution in [0.4, 0.5) is 5.69 Å². The van der Waals surface area contributed by atoms with Crippen molar-refractivity contribution < 1.29 is 0 Å². The number of hydrogen-bond acceptors (Lipinski definition) is 3. The maximum absolute atomic E-state index is 12.6. The molecule has 1 aromatic carbocycles. The molecule has 2 aromatic rings.